The second-order valence-corrected chi connectivity index (χ2v) is 4.28. The predicted octanol–water partition coefficient (Wildman–Crippen LogP) is 1.08. The van der Waals surface area contributed by atoms with Gasteiger partial charge in [-0.25, -0.2) is 0 Å². The largest absolute Gasteiger partial charge is 0.467 e. The van der Waals surface area contributed by atoms with Gasteiger partial charge in [-0.15, -0.1) is 0 Å². The van der Waals surface area contributed by atoms with E-state index in [1.807, 2.05) is 0 Å². The number of furan rings is 1. The highest BCUT2D eigenvalue weighted by molar-refractivity contribution is 5.02. The van der Waals surface area contributed by atoms with Crippen LogP contribution in [0.25, 0.3) is 0 Å². The number of aliphatic hydroxyl groups excluding tert-OH is 1. The standard InChI is InChI=1S/C11H17NO3/c1-11(4-6-14-8-11)12-7-9(13)10-3-2-5-15-10/h2-3,5,9,12-13H,4,6-8H2,1H3. The van der Waals surface area contributed by atoms with Gasteiger partial charge in [0.25, 0.3) is 0 Å². The molecule has 2 atom stereocenters. The number of rotatable bonds is 4. The van der Waals surface area contributed by atoms with Crippen LogP contribution in [-0.2, 0) is 4.74 Å². The Bertz CT molecular complexity index is 291. The number of hydrogen-bond acceptors (Lipinski definition) is 4. The Morgan fingerprint density at radius 2 is 2.53 bits per heavy atom. The summed E-state index contributed by atoms with van der Waals surface area (Å²) in [5.74, 6) is 0.602. The first-order valence-electron chi connectivity index (χ1n) is 5.24. The molecule has 2 heterocycles. The minimum Gasteiger partial charge on any atom is -0.467 e. The van der Waals surface area contributed by atoms with Crippen LogP contribution in [0, 0.1) is 0 Å². The molecule has 1 aromatic rings. The van der Waals surface area contributed by atoms with E-state index in [2.05, 4.69) is 12.2 Å². The van der Waals surface area contributed by atoms with Gasteiger partial charge in [0, 0.05) is 18.7 Å². The maximum Gasteiger partial charge on any atom is 0.133 e. The van der Waals surface area contributed by atoms with E-state index in [0.29, 0.717) is 18.9 Å². The van der Waals surface area contributed by atoms with E-state index in [-0.39, 0.29) is 5.54 Å². The van der Waals surface area contributed by atoms with Crippen molar-refractivity contribution in [3.8, 4) is 0 Å². The van der Waals surface area contributed by atoms with E-state index in [0.717, 1.165) is 13.0 Å². The lowest BCUT2D eigenvalue weighted by Gasteiger charge is -2.24. The molecule has 2 rings (SSSR count). The number of aliphatic hydroxyl groups is 1. The molecule has 0 bridgehead atoms. The topological polar surface area (TPSA) is 54.6 Å². The molecule has 0 aliphatic carbocycles. The summed E-state index contributed by atoms with van der Waals surface area (Å²) in [7, 11) is 0. The fourth-order valence-electron chi connectivity index (χ4n) is 1.73. The molecule has 4 nitrogen and oxygen atoms in total. The lowest BCUT2D eigenvalue weighted by atomic mass is 10.0. The lowest BCUT2D eigenvalue weighted by Crippen LogP contribution is -2.44. The summed E-state index contributed by atoms with van der Waals surface area (Å²) in [6.07, 6.45) is 1.97. The maximum atomic E-state index is 9.79. The zero-order valence-corrected chi connectivity index (χ0v) is 8.90. The van der Waals surface area contributed by atoms with Crippen molar-refractivity contribution in [2.45, 2.75) is 25.0 Å². The molecule has 1 saturated heterocycles. The van der Waals surface area contributed by atoms with Crippen molar-refractivity contribution in [3.05, 3.63) is 24.2 Å². The predicted molar refractivity (Wildman–Crippen MR) is 55.5 cm³/mol. The van der Waals surface area contributed by atoms with Crippen LogP contribution in [0.5, 0.6) is 0 Å². The lowest BCUT2D eigenvalue weighted by molar-refractivity contribution is 0.125. The fourth-order valence-corrected chi connectivity index (χ4v) is 1.73. The molecule has 2 unspecified atom stereocenters. The van der Waals surface area contributed by atoms with Crippen LogP contribution in [0.15, 0.2) is 22.8 Å². The maximum absolute atomic E-state index is 9.79. The molecular weight excluding hydrogens is 194 g/mol. The zero-order chi connectivity index (χ0) is 10.7. The monoisotopic (exact) mass is 211 g/mol. The van der Waals surface area contributed by atoms with Gasteiger partial charge in [-0.3, -0.25) is 0 Å². The molecular formula is C11H17NO3. The van der Waals surface area contributed by atoms with Crippen molar-refractivity contribution in [1.82, 2.24) is 5.32 Å². The van der Waals surface area contributed by atoms with Crippen LogP contribution >= 0.6 is 0 Å². The van der Waals surface area contributed by atoms with Crippen molar-refractivity contribution in [3.63, 3.8) is 0 Å². The average molecular weight is 211 g/mol. The van der Waals surface area contributed by atoms with Crippen LogP contribution in [0.1, 0.15) is 25.2 Å². The van der Waals surface area contributed by atoms with E-state index in [9.17, 15) is 5.11 Å². The van der Waals surface area contributed by atoms with Gasteiger partial charge in [0.05, 0.1) is 12.9 Å². The number of β-amino-alcohol motifs (C(OH)–C–C–N with tert-alkyl or cyclic N) is 1. The molecule has 1 aliphatic rings. The van der Waals surface area contributed by atoms with Gasteiger partial charge >= 0.3 is 0 Å². The normalized spacial score (nSPS) is 28.1. The van der Waals surface area contributed by atoms with Gasteiger partial charge in [-0.1, -0.05) is 0 Å². The minimum absolute atomic E-state index is 0.00638. The van der Waals surface area contributed by atoms with Crippen molar-refractivity contribution in [2.75, 3.05) is 19.8 Å². The number of ether oxygens (including phenoxy) is 1. The van der Waals surface area contributed by atoms with Crippen molar-refractivity contribution < 1.29 is 14.3 Å². The van der Waals surface area contributed by atoms with Gasteiger partial charge < -0.3 is 19.6 Å². The summed E-state index contributed by atoms with van der Waals surface area (Å²) in [5.41, 5.74) is -0.00638. The molecule has 15 heavy (non-hydrogen) atoms. The molecule has 0 spiro atoms. The Morgan fingerprint density at radius 1 is 1.67 bits per heavy atom. The second-order valence-electron chi connectivity index (χ2n) is 4.28. The summed E-state index contributed by atoms with van der Waals surface area (Å²) in [4.78, 5) is 0. The number of nitrogens with one attached hydrogen (secondary N) is 1. The van der Waals surface area contributed by atoms with Gasteiger partial charge in [0.2, 0.25) is 0 Å². The molecule has 0 aromatic carbocycles. The summed E-state index contributed by atoms with van der Waals surface area (Å²) < 4.78 is 10.4. The van der Waals surface area contributed by atoms with Crippen LogP contribution in [0.3, 0.4) is 0 Å². The molecule has 1 aliphatic heterocycles. The van der Waals surface area contributed by atoms with E-state index in [1.165, 1.54) is 0 Å². The molecule has 2 N–H and O–H groups in total. The summed E-state index contributed by atoms with van der Waals surface area (Å²) in [6, 6.07) is 3.55. The van der Waals surface area contributed by atoms with E-state index >= 15 is 0 Å². The third-order valence-corrected chi connectivity index (χ3v) is 2.81. The first-order valence-corrected chi connectivity index (χ1v) is 5.24. The van der Waals surface area contributed by atoms with Crippen molar-refractivity contribution in [2.24, 2.45) is 0 Å². The second kappa shape index (κ2) is 4.35. The average Bonchev–Trinajstić information content (AvgIpc) is 2.85. The summed E-state index contributed by atoms with van der Waals surface area (Å²) in [5, 5.41) is 13.1. The van der Waals surface area contributed by atoms with Crippen molar-refractivity contribution >= 4 is 0 Å². The molecule has 1 aromatic heterocycles. The fraction of sp³-hybridized carbons (Fsp3) is 0.636. The smallest absolute Gasteiger partial charge is 0.133 e. The summed E-state index contributed by atoms with van der Waals surface area (Å²) in [6.45, 7) is 4.10. The van der Waals surface area contributed by atoms with Crippen LogP contribution in [0.2, 0.25) is 0 Å². The van der Waals surface area contributed by atoms with Gasteiger partial charge in [-0.2, -0.15) is 0 Å². The van der Waals surface area contributed by atoms with E-state index < -0.39 is 6.10 Å². The quantitative estimate of drug-likeness (QED) is 0.782. The highest BCUT2D eigenvalue weighted by Gasteiger charge is 2.29. The van der Waals surface area contributed by atoms with E-state index in [4.69, 9.17) is 9.15 Å². The van der Waals surface area contributed by atoms with Crippen molar-refractivity contribution in [1.29, 1.82) is 0 Å². The molecule has 0 amide bonds. The highest BCUT2D eigenvalue weighted by Crippen LogP contribution is 2.19. The molecule has 0 radical (unpaired) electrons. The molecule has 84 valence electrons. The van der Waals surface area contributed by atoms with Gasteiger partial charge in [-0.05, 0) is 25.5 Å². The molecule has 0 saturated carbocycles. The van der Waals surface area contributed by atoms with Crippen LogP contribution < -0.4 is 5.32 Å². The Labute approximate surface area is 89.2 Å². The minimum atomic E-state index is -0.586. The first kappa shape index (κ1) is 10.7. The van der Waals surface area contributed by atoms with Crippen LogP contribution in [0.4, 0.5) is 0 Å². The zero-order valence-electron chi connectivity index (χ0n) is 8.90. The third kappa shape index (κ3) is 2.59. The Hall–Kier alpha value is -0.840. The van der Waals surface area contributed by atoms with Gasteiger partial charge in [0.15, 0.2) is 0 Å². The van der Waals surface area contributed by atoms with Crippen LogP contribution in [-0.4, -0.2) is 30.4 Å². The summed E-state index contributed by atoms with van der Waals surface area (Å²) >= 11 is 0. The molecule has 1 fully saturated rings. The Balaban J connectivity index is 1.83. The molecule has 4 heteroatoms. The first-order chi connectivity index (χ1) is 7.20. The highest BCUT2D eigenvalue weighted by atomic mass is 16.5. The number of hydrogen-bond donors (Lipinski definition) is 2. The van der Waals surface area contributed by atoms with Gasteiger partial charge in [0.1, 0.15) is 11.9 Å². The Morgan fingerprint density at radius 3 is 3.13 bits per heavy atom. The Kier molecular flexibility index (Phi) is 3.09. The third-order valence-electron chi connectivity index (χ3n) is 2.81. The van der Waals surface area contributed by atoms with E-state index in [1.54, 1.807) is 18.4 Å². The SMILES string of the molecule is CC1(NCC(O)c2ccco2)CCOC1.